The fourth-order valence-corrected chi connectivity index (χ4v) is 2.76. The van der Waals surface area contributed by atoms with Gasteiger partial charge < -0.3 is 9.84 Å². The maximum Gasteiger partial charge on any atom is 0.191 e. The normalized spacial score (nSPS) is 25.6. The van der Waals surface area contributed by atoms with E-state index in [1.54, 1.807) is 7.11 Å². The van der Waals surface area contributed by atoms with Crippen LogP contribution in [0, 0.1) is 5.92 Å². The third kappa shape index (κ3) is 1.86. The molecule has 2 aliphatic rings. The first-order valence-electron chi connectivity index (χ1n) is 5.93. The highest BCUT2D eigenvalue weighted by molar-refractivity contribution is 6.09. The molecule has 0 unspecified atom stereocenters. The number of carbonyl (C=O) groups excluding carboxylic acids is 1. The average molecular weight is 222 g/mol. The highest BCUT2D eigenvalue weighted by Gasteiger charge is 2.32. The predicted molar refractivity (Wildman–Crippen MR) is 60.9 cm³/mol. The van der Waals surface area contributed by atoms with E-state index in [1.807, 2.05) is 0 Å². The summed E-state index contributed by atoms with van der Waals surface area (Å²) in [5.74, 6) is 1.18. The second-order valence-electron chi connectivity index (χ2n) is 4.51. The summed E-state index contributed by atoms with van der Waals surface area (Å²) in [5.41, 5.74) is 1.36. The van der Waals surface area contributed by atoms with E-state index >= 15 is 0 Å². The van der Waals surface area contributed by atoms with E-state index in [-0.39, 0.29) is 5.78 Å². The van der Waals surface area contributed by atoms with Crippen molar-refractivity contribution in [2.24, 2.45) is 5.92 Å². The Kier molecular flexibility index (Phi) is 3.32. The zero-order valence-electron chi connectivity index (χ0n) is 9.66. The summed E-state index contributed by atoms with van der Waals surface area (Å²) in [6, 6.07) is 0. The van der Waals surface area contributed by atoms with Crippen molar-refractivity contribution in [2.45, 2.75) is 38.5 Å². The van der Waals surface area contributed by atoms with Gasteiger partial charge in [-0.1, -0.05) is 12.8 Å². The molecule has 2 rings (SSSR count). The number of hydrogen-bond donors (Lipinski definition) is 1. The number of methoxy groups -OCH3 is 1. The third-order valence-corrected chi connectivity index (χ3v) is 3.62. The fraction of sp³-hybridized carbons (Fsp3) is 0.615. The lowest BCUT2D eigenvalue weighted by Crippen LogP contribution is -2.21. The summed E-state index contributed by atoms with van der Waals surface area (Å²) < 4.78 is 5.33. The maximum absolute atomic E-state index is 12.1. The number of ether oxygens (including phenoxy) is 1. The van der Waals surface area contributed by atoms with Gasteiger partial charge in [0.25, 0.3) is 0 Å². The minimum absolute atomic E-state index is 0.00231. The zero-order valence-corrected chi connectivity index (χ0v) is 9.66. The summed E-state index contributed by atoms with van der Waals surface area (Å²) in [4.78, 5) is 12.1. The van der Waals surface area contributed by atoms with Gasteiger partial charge in [0.2, 0.25) is 0 Å². The summed E-state index contributed by atoms with van der Waals surface area (Å²) in [5, 5.41) is 9.03. The topological polar surface area (TPSA) is 46.5 Å². The van der Waals surface area contributed by atoms with Gasteiger partial charge >= 0.3 is 0 Å². The number of hydrogen-bond acceptors (Lipinski definition) is 3. The SMILES string of the molecule is COC1=C(C2CCCC2)C(=O)/C(=C\O)CC1. The van der Waals surface area contributed by atoms with Gasteiger partial charge in [-0.05, 0) is 25.2 Å². The number of allylic oxidation sites excluding steroid dienone is 3. The van der Waals surface area contributed by atoms with Crippen LogP contribution in [-0.4, -0.2) is 18.0 Å². The van der Waals surface area contributed by atoms with E-state index in [2.05, 4.69) is 0 Å². The Labute approximate surface area is 95.8 Å². The zero-order chi connectivity index (χ0) is 11.5. The maximum atomic E-state index is 12.1. The number of carbonyl (C=O) groups is 1. The van der Waals surface area contributed by atoms with Gasteiger partial charge in [-0.2, -0.15) is 0 Å². The number of ketones is 1. The van der Waals surface area contributed by atoms with Crippen LogP contribution in [0.15, 0.2) is 23.2 Å². The molecule has 2 aliphatic carbocycles. The molecule has 16 heavy (non-hydrogen) atoms. The molecule has 0 heterocycles. The average Bonchev–Trinajstić information content (AvgIpc) is 2.81. The van der Waals surface area contributed by atoms with Crippen molar-refractivity contribution in [3.63, 3.8) is 0 Å². The van der Waals surface area contributed by atoms with Crippen LogP contribution in [-0.2, 0) is 9.53 Å². The van der Waals surface area contributed by atoms with Crippen molar-refractivity contribution >= 4 is 5.78 Å². The second-order valence-corrected chi connectivity index (χ2v) is 4.51. The molecule has 0 saturated heterocycles. The number of aliphatic hydroxyl groups excluding tert-OH is 1. The van der Waals surface area contributed by atoms with Gasteiger partial charge in [-0.25, -0.2) is 0 Å². The van der Waals surface area contributed by atoms with Crippen LogP contribution in [0.1, 0.15) is 38.5 Å². The Morgan fingerprint density at radius 3 is 2.56 bits per heavy atom. The lowest BCUT2D eigenvalue weighted by molar-refractivity contribution is -0.113. The van der Waals surface area contributed by atoms with Crippen molar-refractivity contribution in [3.8, 4) is 0 Å². The van der Waals surface area contributed by atoms with Crippen LogP contribution < -0.4 is 0 Å². The molecule has 0 radical (unpaired) electrons. The van der Waals surface area contributed by atoms with E-state index in [0.717, 1.165) is 36.9 Å². The number of Topliss-reactive ketones (excluding diaryl/α,β-unsaturated/α-hetero) is 1. The quantitative estimate of drug-likeness (QED) is 0.577. The molecule has 0 aromatic heterocycles. The molecule has 1 fully saturated rings. The van der Waals surface area contributed by atoms with E-state index in [0.29, 0.717) is 17.9 Å². The molecule has 0 aliphatic heterocycles. The standard InChI is InChI=1S/C13H18O3/c1-16-11-7-6-10(8-14)13(15)12(11)9-4-2-3-5-9/h8-9,14H,2-7H2,1H3/b10-8-. The largest absolute Gasteiger partial charge is 0.515 e. The summed E-state index contributed by atoms with van der Waals surface area (Å²) in [7, 11) is 1.63. The van der Waals surface area contributed by atoms with E-state index in [4.69, 9.17) is 9.84 Å². The Balaban J connectivity index is 2.33. The molecular formula is C13H18O3. The molecule has 0 atom stereocenters. The molecule has 1 saturated carbocycles. The summed E-state index contributed by atoms with van der Waals surface area (Å²) in [6.45, 7) is 0. The van der Waals surface area contributed by atoms with Crippen molar-refractivity contribution in [1.82, 2.24) is 0 Å². The Bertz CT molecular complexity index is 346. The number of aliphatic hydroxyl groups is 1. The van der Waals surface area contributed by atoms with E-state index < -0.39 is 0 Å². The molecule has 88 valence electrons. The van der Waals surface area contributed by atoms with Gasteiger partial charge in [-0.3, -0.25) is 4.79 Å². The van der Waals surface area contributed by atoms with E-state index in [1.165, 1.54) is 12.8 Å². The highest BCUT2D eigenvalue weighted by atomic mass is 16.5. The molecule has 0 aromatic carbocycles. The fourth-order valence-electron chi connectivity index (χ4n) is 2.76. The van der Waals surface area contributed by atoms with Gasteiger partial charge in [0, 0.05) is 17.6 Å². The molecule has 0 amide bonds. The van der Waals surface area contributed by atoms with Gasteiger partial charge in [0.1, 0.15) is 5.76 Å². The molecular weight excluding hydrogens is 204 g/mol. The Morgan fingerprint density at radius 2 is 2.00 bits per heavy atom. The highest BCUT2D eigenvalue weighted by Crippen LogP contribution is 2.38. The lowest BCUT2D eigenvalue weighted by atomic mass is 9.83. The van der Waals surface area contributed by atoms with Crippen molar-refractivity contribution in [1.29, 1.82) is 0 Å². The smallest absolute Gasteiger partial charge is 0.191 e. The van der Waals surface area contributed by atoms with Crippen LogP contribution >= 0.6 is 0 Å². The van der Waals surface area contributed by atoms with E-state index in [9.17, 15) is 4.79 Å². The summed E-state index contributed by atoms with van der Waals surface area (Å²) >= 11 is 0. The third-order valence-electron chi connectivity index (χ3n) is 3.62. The van der Waals surface area contributed by atoms with Crippen molar-refractivity contribution in [2.75, 3.05) is 7.11 Å². The van der Waals surface area contributed by atoms with Gasteiger partial charge in [0.05, 0.1) is 13.4 Å². The van der Waals surface area contributed by atoms with Crippen LogP contribution in [0.4, 0.5) is 0 Å². The van der Waals surface area contributed by atoms with Crippen LogP contribution in [0.5, 0.6) is 0 Å². The first kappa shape index (κ1) is 11.2. The lowest BCUT2D eigenvalue weighted by Gasteiger charge is -2.23. The Morgan fingerprint density at radius 1 is 1.31 bits per heavy atom. The van der Waals surface area contributed by atoms with Crippen LogP contribution in [0.3, 0.4) is 0 Å². The van der Waals surface area contributed by atoms with Gasteiger partial charge in [-0.15, -0.1) is 0 Å². The summed E-state index contributed by atoms with van der Waals surface area (Å²) in [6.07, 6.45) is 6.82. The van der Waals surface area contributed by atoms with Crippen LogP contribution in [0.2, 0.25) is 0 Å². The van der Waals surface area contributed by atoms with Crippen molar-refractivity contribution < 1.29 is 14.6 Å². The molecule has 0 aromatic rings. The number of rotatable bonds is 2. The molecule has 0 bridgehead atoms. The monoisotopic (exact) mass is 222 g/mol. The molecule has 3 nitrogen and oxygen atoms in total. The Hall–Kier alpha value is -1.25. The first-order valence-corrected chi connectivity index (χ1v) is 5.93. The van der Waals surface area contributed by atoms with Gasteiger partial charge in [0.15, 0.2) is 5.78 Å². The van der Waals surface area contributed by atoms with Crippen molar-refractivity contribution in [3.05, 3.63) is 23.2 Å². The minimum atomic E-state index is -0.00231. The minimum Gasteiger partial charge on any atom is -0.515 e. The molecule has 3 heteroatoms. The molecule has 0 spiro atoms. The predicted octanol–water partition coefficient (Wildman–Crippen LogP) is 2.88. The van der Waals surface area contributed by atoms with Crippen LogP contribution in [0.25, 0.3) is 0 Å². The molecule has 1 N–H and O–H groups in total. The second kappa shape index (κ2) is 4.73. The first-order chi connectivity index (χ1) is 7.77.